The average Bonchev–Trinajstić information content (AvgIpc) is 3.05. The Hall–Kier alpha value is -1.92. The lowest BCUT2D eigenvalue weighted by Crippen LogP contribution is -2.53. The van der Waals surface area contributed by atoms with Gasteiger partial charge < -0.3 is 15.2 Å². The molecule has 0 radical (unpaired) electrons. The summed E-state index contributed by atoms with van der Waals surface area (Å²) in [5.74, 6) is -0.0476. The molecule has 1 aliphatic heterocycles. The van der Waals surface area contributed by atoms with Crippen LogP contribution < -0.4 is 5.32 Å². The number of halogens is 1. The van der Waals surface area contributed by atoms with Crippen LogP contribution in [0.15, 0.2) is 6.20 Å². The lowest BCUT2D eigenvalue weighted by Gasteiger charge is -2.38. The number of imidazole rings is 1. The van der Waals surface area contributed by atoms with Crippen LogP contribution in [0.4, 0.5) is 4.39 Å². The van der Waals surface area contributed by atoms with Gasteiger partial charge >= 0.3 is 0 Å². The van der Waals surface area contributed by atoms with Gasteiger partial charge in [-0.05, 0) is 26.2 Å². The summed E-state index contributed by atoms with van der Waals surface area (Å²) < 4.78 is 13.2. The van der Waals surface area contributed by atoms with Gasteiger partial charge in [0.2, 0.25) is 5.91 Å². The zero-order chi connectivity index (χ0) is 18.4. The van der Waals surface area contributed by atoms with Crippen molar-refractivity contribution in [3.63, 3.8) is 0 Å². The predicted octanol–water partition coefficient (Wildman–Crippen LogP) is 2.17. The third kappa shape index (κ3) is 3.85. The van der Waals surface area contributed by atoms with Gasteiger partial charge in [0, 0.05) is 24.0 Å². The molecule has 6 nitrogen and oxygen atoms in total. The summed E-state index contributed by atoms with van der Waals surface area (Å²) in [6, 6.07) is -0.0288. The number of H-pyrrole nitrogens is 1. The summed E-state index contributed by atoms with van der Waals surface area (Å²) in [4.78, 5) is 33.9. The number of carbonyl (C=O) groups is 2. The Bertz CT molecular complexity index is 666. The second-order valence-corrected chi connectivity index (χ2v) is 8.34. The van der Waals surface area contributed by atoms with Crippen LogP contribution in [0.1, 0.15) is 63.3 Å². The second-order valence-electron chi connectivity index (χ2n) is 8.34. The van der Waals surface area contributed by atoms with Gasteiger partial charge in [-0.3, -0.25) is 9.59 Å². The fraction of sp³-hybridized carbons (Fsp3) is 0.722. The number of nitrogens with zero attached hydrogens (tertiary/aromatic N) is 2. The first-order valence-corrected chi connectivity index (χ1v) is 8.97. The van der Waals surface area contributed by atoms with E-state index in [1.54, 1.807) is 11.1 Å². The van der Waals surface area contributed by atoms with Crippen LogP contribution in [-0.2, 0) is 10.2 Å². The molecule has 4 unspecified atom stereocenters. The monoisotopic (exact) mass is 350 g/mol. The van der Waals surface area contributed by atoms with Gasteiger partial charge in [0.25, 0.3) is 5.91 Å². The van der Waals surface area contributed by atoms with Crippen LogP contribution >= 0.6 is 0 Å². The first kappa shape index (κ1) is 17.9. The first-order valence-electron chi connectivity index (χ1n) is 8.97. The van der Waals surface area contributed by atoms with Gasteiger partial charge in [0.05, 0.1) is 12.1 Å². The molecular weight excluding hydrogens is 323 g/mol. The number of piperidine rings is 1. The van der Waals surface area contributed by atoms with E-state index >= 15 is 0 Å². The van der Waals surface area contributed by atoms with Crippen molar-refractivity contribution < 1.29 is 14.0 Å². The number of hydrogen-bond donors (Lipinski definition) is 2. The summed E-state index contributed by atoms with van der Waals surface area (Å²) in [7, 11) is 0. The fourth-order valence-electron chi connectivity index (χ4n) is 3.25. The van der Waals surface area contributed by atoms with Crippen molar-refractivity contribution in [2.75, 3.05) is 6.54 Å². The molecule has 2 fully saturated rings. The van der Waals surface area contributed by atoms with Gasteiger partial charge in [-0.15, -0.1) is 0 Å². The molecule has 1 saturated heterocycles. The molecule has 1 aromatic rings. The lowest BCUT2D eigenvalue weighted by molar-refractivity contribution is -0.136. The number of carbonyl (C=O) groups excluding carboxylic acids is 2. The Morgan fingerprint density at radius 2 is 2.04 bits per heavy atom. The summed E-state index contributed by atoms with van der Waals surface area (Å²) in [6.45, 7) is 8.49. The molecule has 1 aromatic heterocycles. The van der Waals surface area contributed by atoms with E-state index < -0.39 is 12.1 Å². The SMILES string of the molecule is CC1CCC(NC(=O)c2cnc(C(C)(C)C)[nH]2)CN1C(=O)C1CC1F. The van der Waals surface area contributed by atoms with E-state index in [0.717, 1.165) is 18.7 Å². The maximum atomic E-state index is 13.2. The van der Waals surface area contributed by atoms with Crippen LogP contribution in [0.2, 0.25) is 0 Å². The van der Waals surface area contributed by atoms with E-state index in [1.807, 2.05) is 27.7 Å². The number of aromatic amines is 1. The topological polar surface area (TPSA) is 78.1 Å². The number of rotatable bonds is 3. The molecule has 2 heterocycles. The number of nitrogens with one attached hydrogen (secondary N) is 2. The highest BCUT2D eigenvalue weighted by Gasteiger charge is 2.47. The first-order chi connectivity index (χ1) is 11.7. The smallest absolute Gasteiger partial charge is 0.269 e. The van der Waals surface area contributed by atoms with Crippen molar-refractivity contribution in [2.45, 2.75) is 70.6 Å². The molecule has 25 heavy (non-hydrogen) atoms. The molecule has 7 heteroatoms. The Labute approximate surface area is 147 Å². The van der Waals surface area contributed by atoms with Crippen molar-refractivity contribution in [1.29, 1.82) is 0 Å². The minimum atomic E-state index is -0.990. The summed E-state index contributed by atoms with van der Waals surface area (Å²) >= 11 is 0. The van der Waals surface area contributed by atoms with Gasteiger partial charge in [-0.2, -0.15) is 0 Å². The fourth-order valence-corrected chi connectivity index (χ4v) is 3.25. The highest BCUT2D eigenvalue weighted by molar-refractivity contribution is 5.92. The van der Waals surface area contributed by atoms with Crippen molar-refractivity contribution in [1.82, 2.24) is 20.2 Å². The normalized spacial score (nSPS) is 29.4. The summed E-state index contributed by atoms with van der Waals surface area (Å²) in [5, 5.41) is 2.98. The number of amides is 2. The van der Waals surface area contributed by atoms with Gasteiger partial charge in [-0.25, -0.2) is 9.37 Å². The quantitative estimate of drug-likeness (QED) is 0.877. The summed E-state index contributed by atoms with van der Waals surface area (Å²) in [6.07, 6.45) is 2.50. The zero-order valence-electron chi connectivity index (χ0n) is 15.3. The molecule has 2 aliphatic rings. The van der Waals surface area contributed by atoms with Crippen molar-refractivity contribution >= 4 is 11.8 Å². The maximum absolute atomic E-state index is 13.2. The third-order valence-corrected chi connectivity index (χ3v) is 5.06. The van der Waals surface area contributed by atoms with E-state index in [2.05, 4.69) is 15.3 Å². The standard InChI is InChI=1S/C18H27FN4O2/c1-10-5-6-11(9-23(10)16(25)12-7-13(12)19)21-15(24)14-8-20-17(22-14)18(2,3)4/h8,10-13H,5-7,9H2,1-4H3,(H,20,22)(H,21,24). The third-order valence-electron chi connectivity index (χ3n) is 5.06. The van der Waals surface area contributed by atoms with E-state index in [-0.39, 0.29) is 29.3 Å². The Balaban J connectivity index is 1.61. The van der Waals surface area contributed by atoms with Crippen molar-refractivity contribution in [2.24, 2.45) is 5.92 Å². The van der Waals surface area contributed by atoms with Crippen LogP contribution in [0, 0.1) is 5.92 Å². The molecule has 0 bridgehead atoms. The minimum Gasteiger partial charge on any atom is -0.346 e. The number of alkyl halides is 1. The van der Waals surface area contributed by atoms with E-state index in [4.69, 9.17) is 0 Å². The molecule has 1 aliphatic carbocycles. The van der Waals surface area contributed by atoms with Crippen LogP contribution in [0.3, 0.4) is 0 Å². The van der Waals surface area contributed by atoms with Crippen LogP contribution in [0.5, 0.6) is 0 Å². The molecule has 3 rings (SSSR count). The summed E-state index contributed by atoms with van der Waals surface area (Å²) in [5.41, 5.74) is 0.266. The Kier molecular flexibility index (Phi) is 4.60. The van der Waals surface area contributed by atoms with Crippen LogP contribution in [0.25, 0.3) is 0 Å². The largest absolute Gasteiger partial charge is 0.346 e. The molecule has 4 atom stereocenters. The Morgan fingerprint density at radius 3 is 2.60 bits per heavy atom. The molecule has 2 amide bonds. The maximum Gasteiger partial charge on any atom is 0.269 e. The Morgan fingerprint density at radius 1 is 1.36 bits per heavy atom. The number of hydrogen-bond acceptors (Lipinski definition) is 3. The molecule has 0 spiro atoms. The lowest BCUT2D eigenvalue weighted by atomic mass is 9.96. The van der Waals surface area contributed by atoms with E-state index in [1.165, 1.54) is 0 Å². The highest BCUT2D eigenvalue weighted by atomic mass is 19.1. The number of aromatic nitrogens is 2. The number of likely N-dealkylation sites (tertiary alicyclic amines) is 1. The molecular formula is C18H27FN4O2. The minimum absolute atomic E-state index is 0.0908. The molecule has 0 aromatic carbocycles. The predicted molar refractivity (Wildman–Crippen MR) is 92.0 cm³/mol. The second kappa shape index (κ2) is 6.42. The van der Waals surface area contributed by atoms with E-state index in [0.29, 0.717) is 18.7 Å². The van der Waals surface area contributed by atoms with Gasteiger partial charge in [0.15, 0.2) is 0 Å². The highest BCUT2D eigenvalue weighted by Crippen LogP contribution is 2.37. The molecule has 2 N–H and O–H groups in total. The van der Waals surface area contributed by atoms with Crippen molar-refractivity contribution in [3.8, 4) is 0 Å². The van der Waals surface area contributed by atoms with Crippen LogP contribution in [-0.4, -0.2) is 51.5 Å². The zero-order valence-corrected chi connectivity index (χ0v) is 15.3. The van der Waals surface area contributed by atoms with Gasteiger partial charge in [-0.1, -0.05) is 20.8 Å². The molecule has 1 saturated carbocycles. The average molecular weight is 350 g/mol. The van der Waals surface area contributed by atoms with Gasteiger partial charge in [0.1, 0.15) is 17.7 Å². The van der Waals surface area contributed by atoms with E-state index in [9.17, 15) is 14.0 Å². The van der Waals surface area contributed by atoms with Crippen molar-refractivity contribution in [3.05, 3.63) is 17.7 Å². The molecule has 138 valence electrons.